The van der Waals surface area contributed by atoms with E-state index in [0.29, 0.717) is 18.7 Å². The third-order valence-electron chi connectivity index (χ3n) is 5.17. The van der Waals surface area contributed by atoms with Gasteiger partial charge < -0.3 is 20.3 Å². The van der Waals surface area contributed by atoms with Crippen LogP contribution in [0.1, 0.15) is 43.2 Å². The highest BCUT2D eigenvalue weighted by atomic mass is 19.4. The maximum absolute atomic E-state index is 13.4. The van der Waals surface area contributed by atoms with Gasteiger partial charge in [0.2, 0.25) is 5.91 Å². The van der Waals surface area contributed by atoms with Crippen molar-refractivity contribution in [1.82, 2.24) is 25.3 Å². The fourth-order valence-corrected chi connectivity index (χ4v) is 3.53. The Kier molecular flexibility index (Phi) is 7.71. The number of carbonyl (C=O) groups is 3. The van der Waals surface area contributed by atoms with Crippen molar-refractivity contribution in [3.05, 3.63) is 47.8 Å². The summed E-state index contributed by atoms with van der Waals surface area (Å²) in [6.07, 6.45) is -3.82. The van der Waals surface area contributed by atoms with E-state index in [-0.39, 0.29) is 25.5 Å². The Bertz CT molecular complexity index is 1060. The van der Waals surface area contributed by atoms with Gasteiger partial charge in [0.05, 0.1) is 17.2 Å². The van der Waals surface area contributed by atoms with Crippen LogP contribution in [0.15, 0.2) is 36.5 Å². The van der Waals surface area contributed by atoms with E-state index in [9.17, 15) is 27.6 Å². The Morgan fingerprint density at radius 3 is 2.37 bits per heavy atom. The van der Waals surface area contributed by atoms with Crippen molar-refractivity contribution in [2.24, 2.45) is 5.92 Å². The van der Waals surface area contributed by atoms with E-state index in [0.717, 1.165) is 10.9 Å². The second-order valence-electron chi connectivity index (χ2n) is 9.13. The van der Waals surface area contributed by atoms with Crippen molar-refractivity contribution >= 4 is 17.9 Å². The number of ether oxygens (including phenoxy) is 1. The van der Waals surface area contributed by atoms with Crippen LogP contribution in [0.2, 0.25) is 0 Å². The summed E-state index contributed by atoms with van der Waals surface area (Å²) in [6, 6.07) is 8.13. The first-order chi connectivity index (χ1) is 16.3. The predicted molar refractivity (Wildman–Crippen MR) is 120 cm³/mol. The molecule has 0 bridgehead atoms. The minimum atomic E-state index is -4.82. The molecule has 0 aliphatic carbocycles. The molecule has 35 heavy (non-hydrogen) atoms. The number of rotatable bonds is 6. The fourth-order valence-electron chi connectivity index (χ4n) is 3.53. The summed E-state index contributed by atoms with van der Waals surface area (Å²) in [5, 5.41) is 8.57. The van der Waals surface area contributed by atoms with E-state index in [1.165, 1.54) is 4.90 Å². The van der Waals surface area contributed by atoms with Gasteiger partial charge in [-0.25, -0.2) is 9.48 Å². The van der Waals surface area contributed by atoms with Crippen molar-refractivity contribution in [2.45, 2.75) is 39.0 Å². The largest absolute Gasteiger partial charge is 0.444 e. The number of likely N-dealkylation sites (tertiary alicyclic amines) is 1. The highest BCUT2D eigenvalue weighted by Gasteiger charge is 2.39. The molecule has 3 rings (SSSR count). The molecule has 2 heterocycles. The maximum atomic E-state index is 13.4. The molecule has 190 valence electrons. The summed E-state index contributed by atoms with van der Waals surface area (Å²) in [6.45, 7) is 5.79. The molecule has 2 N–H and O–H groups in total. The summed E-state index contributed by atoms with van der Waals surface area (Å²) >= 11 is 0. The van der Waals surface area contributed by atoms with E-state index >= 15 is 0 Å². The number of nitrogens with zero attached hydrogens (tertiary/aromatic N) is 3. The Labute approximate surface area is 200 Å². The smallest absolute Gasteiger partial charge is 0.435 e. The van der Waals surface area contributed by atoms with Crippen LogP contribution in [0.5, 0.6) is 0 Å². The number of alkyl halides is 3. The van der Waals surface area contributed by atoms with Gasteiger partial charge in [-0.1, -0.05) is 18.2 Å². The lowest BCUT2D eigenvalue weighted by atomic mass is 10.1. The number of nitrogens with one attached hydrogen (secondary N) is 2. The van der Waals surface area contributed by atoms with Gasteiger partial charge in [-0.2, -0.15) is 18.3 Å². The molecule has 3 amide bonds. The number of carbonyl (C=O) groups excluding carboxylic acids is 3. The number of para-hydroxylation sites is 1. The molecule has 1 atom stereocenters. The van der Waals surface area contributed by atoms with Gasteiger partial charge in [0.15, 0.2) is 5.69 Å². The zero-order chi connectivity index (χ0) is 25.8. The molecule has 1 saturated heterocycles. The molecule has 1 aromatic carbocycles. The number of halogens is 3. The van der Waals surface area contributed by atoms with Crippen LogP contribution in [0, 0.1) is 5.92 Å². The second-order valence-corrected chi connectivity index (χ2v) is 9.13. The number of hydrogen-bond donors (Lipinski definition) is 2. The average molecular weight is 496 g/mol. The minimum Gasteiger partial charge on any atom is -0.444 e. The first-order valence-electron chi connectivity index (χ1n) is 11.1. The van der Waals surface area contributed by atoms with Crippen LogP contribution in [-0.2, 0) is 15.7 Å². The first-order valence-corrected chi connectivity index (χ1v) is 11.1. The van der Waals surface area contributed by atoms with Gasteiger partial charge in [0.1, 0.15) is 5.60 Å². The molecule has 1 aromatic heterocycles. The molecule has 1 fully saturated rings. The topological polar surface area (TPSA) is 106 Å². The van der Waals surface area contributed by atoms with E-state index in [2.05, 4.69) is 15.7 Å². The van der Waals surface area contributed by atoms with Crippen LogP contribution >= 0.6 is 0 Å². The molecule has 9 nitrogen and oxygen atoms in total. The van der Waals surface area contributed by atoms with Gasteiger partial charge >= 0.3 is 12.3 Å². The number of aromatic nitrogens is 2. The Hall–Kier alpha value is -3.57. The third-order valence-corrected chi connectivity index (χ3v) is 5.17. The summed E-state index contributed by atoms with van der Waals surface area (Å²) in [7, 11) is 0. The normalized spacial score (nSPS) is 16.2. The summed E-state index contributed by atoms with van der Waals surface area (Å²) in [5.74, 6) is -1.69. The highest BCUT2D eigenvalue weighted by Crippen LogP contribution is 2.31. The molecule has 12 heteroatoms. The Morgan fingerprint density at radius 1 is 1.09 bits per heavy atom. The Morgan fingerprint density at radius 2 is 1.74 bits per heavy atom. The fraction of sp³-hybridized carbons (Fsp3) is 0.478. The molecule has 1 unspecified atom stereocenters. The van der Waals surface area contributed by atoms with Gasteiger partial charge in [0.25, 0.3) is 5.91 Å². The van der Waals surface area contributed by atoms with E-state index in [4.69, 9.17) is 4.74 Å². The zero-order valence-corrected chi connectivity index (χ0v) is 19.7. The molecule has 0 spiro atoms. The summed E-state index contributed by atoms with van der Waals surface area (Å²) < 4.78 is 46.6. The highest BCUT2D eigenvalue weighted by molar-refractivity contribution is 5.95. The third kappa shape index (κ3) is 6.96. The second kappa shape index (κ2) is 10.4. The van der Waals surface area contributed by atoms with Gasteiger partial charge in [-0.05, 0) is 39.3 Å². The van der Waals surface area contributed by atoms with Gasteiger partial charge in [-0.15, -0.1) is 0 Å². The summed E-state index contributed by atoms with van der Waals surface area (Å²) in [4.78, 5) is 38.4. The lowest BCUT2D eigenvalue weighted by Crippen LogP contribution is -2.40. The van der Waals surface area contributed by atoms with Crippen molar-refractivity contribution in [2.75, 3.05) is 26.2 Å². The maximum Gasteiger partial charge on any atom is 0.435 e. The number of hydrogen-bond acceptors (Lipinski definition) is 5. The van der Waals surface area contributed by atoms with Crippen LogP contribution in [-0.4, -0.2) is 64.4 Å². The van der Waals surface area contributed by atoms with Crippen LogP contribution < -0.4 is 10.6 Å². The molecule has 1 aliphatic rings. The molecule has 1 aliphatic heterocycles. The summed E-state index contributed by atoms with van der Waals surface area (Å²) in [5.41, 5.74) is -2.17. The lowest BCUT2D eigenvalue weighted by Gasteiger charge is -2.24. The van der Waals surface area contributed by atoms with Gasteiger partial charge in [0, 0.05) is 32.4 Å². The molecule has 0 saturated carbocycles. The SMILES string of the molecule is CC(C)(C)OC(=O)N1CCC(C(=O)NCCNC(=O)c2cn(-c3ccccc3)nc2C(F)(F)F)C1. The molecular formula is C23H28F3N5O4. The molecule has 2 aromatic rings. The predicted octanol–water partition coefficient (Wildman–Crippen LogP) is 2.99. The first kappa shape index (κ1) is 26.0. The lowest BCUT2D eigenvalue weighted by molar-refractivity contribution is -0.141. The number of amides is 3. The molecular weight excluding hydrogens is 467 g/mol. The van der Waals surface area contributed by atoms with E-state index in [1.807, 2.05) is 0 Å². The average Bonchev–Trinajstić information content (AvgIpc) is 3.44. The van der Waals surface area contributed by atoms with E-state index < -0.39 is 41.0 Å². The van der Waals surface area contributed by atoms with E-state index in [1.54, 1.807) is 51.1 Å². The van der Waals surface area contributed by atoms with Crippen LogP contribution in [0.4, 0.5) is 18.0 Å². The van der Waals surface area contributed by atoms with Crippen LogP contribution in [0.3, 0.4) is 0 Å². The van der Waals surface area contributed by atoms with Crippen molar-refractivity contribution in [3.8, 4) is 5.69 Å². The quantitative estimate of drug-likeness (QED) is 0.600. The monoisotopic (exact) mass is 495 g/mol. The zero-order valence-electron chi connectivity index (χ0n) is 19.7. The molecule has 0 radical (unpaired) electrons. The Balaban J connectivity index is 1.51. The van der Waals surface area contributed by atoms with Gasteiger partial charge in [-0.3, -0.25) is 9.59 Å². The van der Waals surface area contributed by atoms with Crippen molar-refractivity contribution in [1.29, 1.82) is 0 Å². The standard InChI is InChI=1S/C23H28F3N5O4/c1-22(2,3)35-21(34)30-12-9-15(13-30)19(32)27-10-11-28-20(33)17-14-31(16-7-5-4-6-8-16)29-18(17)23(24,25)26/h4-8,14-15H,9-13H2,1-3H3,(H,27,32)(H,28,33). The number of benzene rings is 1. The van der Waals surface area contributed by atoms with Crippen molar-refractivity contribution in [3.63, 3.8) is 0 Å². The van der Waals surface area contributed by atoms with Crippen LogP contribution in [0.25, 0.3) is 5.69 Å². The minimum absolute atomic E-state index is 0.0156. The van der Waals surface area contributed by atoms with Crippen molar-refractivity contribution < 1.29 is 32.3 Å².